The first-order valence-electron chi connectivity index (χ1n) is 9.78. The second kappa shape index (κ2) is 7.58. The van der Waals surface area contributed by atoms with E-state index in [-0.39, 0.29) is 24.8 Å². The zero-order valence-corrected chi connectivity index (χ0v) is 17.1. The highest BCUT2D eigenvalue weighted by Gasteiger charge is 2.52. The molecule has 1 atom stereocenters. The zero-order valence-electron chi connectivity index (χ0n) is 17.1. The number of alkyl halides is 3. The van der Waals surface area contributed by atoms with Gasteiger partial charge >= 0.3 is 13.3 Å². The maximum Gasteiger partial charge on any atom is 0.497 e. The Morgan fingerprint density at radius 2 is 1.83 bits per heavy atom. The molecule has 0 radical (unpaired) electrons. The Bertz CT molecular complexity index is 765. The molecule has 2 saturated heterocycles. The van der Waals surface area contributed by atoms with E-state index in [4.69, 9.17) is 9.31 Å². The minimum Gasteiger partial charge on any atom is -0.399 e. The first-order chi connectivity index (χ1) is 13.3. The standard InChI is InChI=1S/C20H26BF4NO3/c1-18(2)19(3,4)29-21(28-18)15-10-13(7-8-16(15)22)11-17(27)26-9-5-6-14(12-26)20(23,24)25/h7-8,10,14H,5-6,9,11-12H2,1-4H3. The lowest BCUT2D eigenvalue weighted by atomic mass is 9.77. The molecule has 2 fully saturated rings. The van der Waals surface area contributed by atoms with Crippen LogP contribution < -0.4 is 5.46 Å². The Kier molecular flexibility index (Phi) is 5.77. The van der Waals surface area contributed by atoms with Gasteiger partial charge in [-0.25, -0.2) is 4.39 Å². The van der Waals surface area contributed by atoms with Crippen LogP contribution in [0.4, 0.5) is 17.6 Å². The molecule has 29 heavy (non-hydrogen) atoms. The average molecular weight is 415 g/mol. The summed E-state index contributed by atoms with van der Waals surface area (Å²) in [6.45, 7) is 7.39. The molecule has 0 bridgehead atoms. The Balaban J connectivity index is 1.73. The molecular formula is C20H26BF4NO3. The van der Waals surface area contributed by atoms with E-state index < -0.39 is 42.1 Å². The Morgan fingerprint density at radius 1 is 1.21 bits per heavy atom. The van der Waals surface area contributed by atoms with Gasteiger partial charge in [-0.1, -0.05) is 12.1 Å². The molecule has 0 saturated carbocycles. The Hall–Kier alpha value is -1.61. The average Bonchev–Trinajstić information content (AvgIpc) is 2.83. The van der Waals surface area contributed by atoms with Crippen molar-refractivity contribution in [3.8, 4) is 0 Å². The lowest BCUT2D eigenvalue weighted by Crippen LogP contribution is -2.45. The molecule has 9 heteroatoms. The number of carbonyl (C=O) groups is 1. The predicted octanol–water partition coefficient (Wildman–Crippen LogP) is 3.47. The van der Waals surface area contributed by atoms with Gasteiger partial charge in [-0.05, 0) is 52.2 Å². The summed E-state index contributed by atoms with van der Waals surface area (Å²) >= 11 is 0. The number of likely N-dealkylation sites (tertiary alicyclic amines) is 1. The molecule has 1 amide bonds. The second-order valence-corrected chi connectivity index (χ2v) is 8.84. The molecule has 2 aliphatic rings. The number of carbonyl (C=O) groups excluding carboxylic acids is 1. The highest BCUT2D eigenvalue weighted by atomic mass is 19.4. The maximum atomic E-state index is 14.4. The molecule has 1 aromatic rings. The highest BCUT2D eigenvalue weighted by Crippen LogP contribution is 2.37. The van der Waals surface area contributed by atoms with Crippen LogP contribution in [-0.2, 0) is 20.5 Å². The number of halogens is 4. The molecule has 1 aromatic carbocycles. The van der Waals surface area contributed by atoms with E-state index in [0.717, 1.165) is 0 Å². The van der Waals surface area contributed by atoms with Crippen LogP contribution in [0, 0.1) is 11.7 Å². The lowest BCUT2D eigenvalue weighted by molar-refractivity contribution is -0.187. The van der Waals surface area contributed by atoms with E-state index in [1.165, 1.54) is 23.1 Å². The Morgan fingerprint density at radius 3 is 2.41 bits per heavy atom. The third kappa shape index (κ3) is 4.61. The van der Waals surface area contributed by atoms with Crippen LogP contribution in [-0.4, -0.2) is 48.4 Å². The Labute approximate surface area is 168 Å². The lowest BCUT2D eigenvalue weighted by Gasteiger charge is -2.33. The van der Waals surface area contributed by atoms with Gasteiger partial charge in [0.25, 0.3) is 0 Å². The summed E-state index contributed by atoms with van der Waals surface area (Å²) in [4.78, 5) is 13.8. The van der Waals surface area contributed by atoms with Crippen molar-refractivity contribution in [1.82, 2.24) is 4.90 Å². The van der Waals surface area contributed by atoms with Crippen LogP contribution >= 0.6 is 0 Å². The molecule has 2 heterocycles. The van der Waals surface area contributed by atoms with Crippen LogP contribution in [0.3, 0.4) is 0 Å². The molecule has 3 rings (SSSR count). The fraction of sp³-hybridized carbons (Fsp3) is 0.650. The van der Waals surface area contributed by atoms with E-state index in [9.17, 15) is 22.4 Å². The van der Waals surface area contributed by atoms with Gasteiger partial charge in [-0.2, -0.15) is 13.2 Å². The molecule has 0 N–H and O–H groups in total. The third-order valence-corrected chi connectivity index (χ3v) is 6.16. The van der Waals surface area contributed by atoms with Crippen molar-refractivity contribution in [2.75, 3.05) is 13.1 Å². The number of nitrogens with zero attached hydrogens (tertiary/aromatic N) is 1. The van der Waals surface area contributed by atoms with E-state index in [1.807, 2.05) is 27.7 Å². The monoisotopic (exact) mass is 415 g/mol. The number of hydrogen-bond acceptors (Lipinski definition) is 3. The van der Waals surface area contributed by atoms with Crippen LogP contribution in [0.2, 0.25) is 0 Å². The number of piperidine rings is 1. The number of rotatable bonds is 3. The summed E-state index contributed by atoms with van der Waals surface area (Å²) < 4.78 is 65.2. The van der Waals surface area contributed by atoms with Crippen molar-refractivity contribution < 1.29 is 31.7 Å². The third-order valence-electron chi connectivity index (χ3n) is 6.16. The smallest absolute Gasteiger partial charge is 0.399 e. The molecular weight excluding hydrogens is 389 g/mol. The van der Waals surface area contributed by atoms with Crippen LogP contribution in [0.25, 0.3) is 0 Å². The van der Waals surface area contributed by atoms with E-state index in [1.54, 1.807) is 0 Å². The topological polar surface area (TPSA) is 38.8 Å². The van der Waals surface area contributed by atoms with Crippen molar-refractivity contribution in [2.24, 2.45) is 5.92 Å². The summed E-state index contributed by atoms with van der Waals surface area (Å²) in [5.74, 6) is -2.41. The number of hydrogen-bond donors (Lipinski definition) is 0. The molecule has 2 aliphatic heterocycles. The van der Waals surface area contributed by atoms with E-state index in [0.29, 0.717) is 18.5 Å². The van der Waals surface area contributed by atoms with Gasteiger partial charge in [0.15, 0.2) is 0 Å². The highest BCUT2D eigenvalue weighted by molar-refractivity contribution is 6.62. The van der Waals surface area contributed by atoms with Gasteiger partial charge < -0.3 is 14.2 Å². The SMILES string of the molecule is CC1(C)OB(c2cc(CC(=O)N3CCCC(C(F)(F)F)C3)ccc2F)OC1(C)C. The second-order valence-electron chi connectivity index (χ2n) is 8.84. The van der Waals surface area contributed by atoms with Crippen molar-refractivity contribution in [1.29, 1.82) is 0 Å². The van der Waals surface area contributed by atoms with Gasteiger partial charge in [0.05, 0.1) is 23.5 Å². The van der Waals surface area contributed by atoms with Crippen LogP contribution in [0.5, 0.6) is 0 Å². The number of amides is 1. The van der Waals surface area contributed by atoms with Crippen molar-refractivity contribution in [3.05, 3.63) is 29.6 Å². The first kappa shape index (κ1) is 22.1. The molecule has 160 valence electrons. The predicted molar refractivity (Wildman–Crippen MR) is 101 cm³/mol. The van der Waals surface area contributed by atoms with Gasteiger partial charge in [0.1, 0.15) is 5.82 Å². The van der Waals surface area contributed by atoms with Crippen LogP contribution in [0.15, 0.2) is 18.2 Å². The van der Waals surface area contributed by atoms with Crippen molar-refractivity contribution in [2.45, 2.75) is 64.3 Å². The maximum absolute atomic E-state index is 14.4. The fourth-order valence-electron chi connectivity index (χ4n) is 3.61. The van der Waals surface area contributed by atoms with Gasteiger partial charge in [-0.15, -0.1) is 0 Å². The molecule has 4 nitrogen and oxygen atoms in total. The van der Waals surface area contributed by atoms with Gasteiger partial charge in [0, 0.05) is 18.6 Å². The van der Waals surface area contributed by atoms with Crippen molar-refractivity contribution in [3.63, 3.8) is 0 Å². The van der Waals surface area contributed by atoms with Crippen molar-refractivity contribution >= 4 is 18.5 Å². The summed E-state index contributed by atoms with van der Waals surface area (Å²) in [5, 5.41) is 0. The summed E-state index contributed by atoms with van der Waals surface area (Å²) in [6, 6.07) is 4.20. The number of benzene rings is 1. The minimum absolute atomic E-state index is 0.0376. The van der Waals surface area contributed by atoms with Gasteiger partial charge in [0.2, 0.25) is 5.91 Å². The van der Waals surface area contributed by atoms with Gasteiger partial charge in [-0.3, -0.25) is 4.79 Å². The quantitative estimate of drug-likeness (QED) is 0.561. The van der Waals surface area contributed by atoms with E-state index >= 15 is 0 Å². The zero-order chi connectivity index (χ0) is 21.6. The summed E-state index contributed by atoms with van der Waals surface area (Å²) in [6.07, 6.45) is -4.05. The molecule has 0 spiro atoms. The largest absolute Gasteiger partial charge is 0.497 e. The van der Waals surface area contributed by atoms with Crippen LogP contribution in [0.1, 0.15) is 46.1 Å². The first-order valence-corrected chi connectivity index (χ1v) is 9.78. The molecule has 0 aromatic heterocycles. The summed E-state index contributed by atoms with van der Waals surface area (Å²) in [7, 11) is -0.917. The minimum atomic E-state index is -4.31. The molecule has 0 aliphatic carbocycles. The fourth-order valence-corrected chi connectivity index (χ4v) is 3.61. The summed E-state index contributed by atoms with van der Waals surface area (Å²) in [5.41, 5.74) is -0.594. The van der Waals surface area contributed by atoms with E-state index in [2.05, 4.69) is 0 Å². The molecule has 1 unspecified atom stereocenters. The normalized spacial score (nSPS) is 24.1.